The fourth-order valence-electron chi connectivity index (χ4n) is 1.75. The van der Waals surface area contributed by atoms with Crippen molar-refractivity contribution < 1.29 is 9.53 Å². The predicted octanol–water partition coefficient (Wildman–Crippen LogP) is 4.59. The predicted molar refractivity (Wildman–Crippen MR) is 78.3 cm³/mol. The molecule has 0 heterocycles. The highest BCUT2D eigenvalue weighted by atomic mass is 79.9. The fraction of sp³-hybridized carbons (Fsp3) is 0.400. The zero-order valence-electron chi connectivity index (χ0n) is 10.9. The second kappa shape index (κ2) is 8.09. The monoisotopic (exact) mass is 310 g/mol. The Morgan fingerprint density at radius 3 is 2.78 bits per heavy atom. The number of halogens is 1. The summed E-state index contributed by atoms with van der Waals surface area (Å²) in [5, 5.41) is 0. The van der Waals surface area contributed by atoms with Crippen molar-refractivity contribution in [2.24, 2.45) is 0 Å². The Balaban J connectivity index is 2.63. The summed E-state index contributed by atoms with van der Waals surface area (Å²) in [7, 11) is 0. The van der Waals surface area contributed by atoms with Gasteiger partial charge in [0.25, 0.3) is 0 Å². The molecule has 0 bridgehead atoms. The molecule has 1 aromatic carbocycles. The Hall–Kier alpha value is -1.09. The van der Waals surface area contributed by atoms with Gasteiger partial charge in [-0.2, -0.15) is 0 Å². The Morgan fingerprint density at radius 2 is 2.17 bits per heavy atom. The van der Waals surface area contributed by atoms with Crippen molar-refractivity contribution in [3.63, 3.8) is 0 Å². The number of benzene rings is 1. The molecule has 1 rings (SSSR count). The number of hydrogen-bond donors (Lipinski definition) is 0. The standard InChI is InChI=1S/C15H19BrO2/c1-3-12(7-6-10-15(17)18-4-2)13-8-5-9-14(16)11-13/h5,7-9,11H,3-4,6,10H2,1-2H3. The summed E-state index contributed by atoms with van der Waals surface area (Å²) in [4.78, 5) is 11.2. The summed E-state index contributed by atoms with van der Waals surface area (Å²) in [6.45, 7) is 4.40. The molecule has 0 aliphatic carbocycles. The maximum Gasteiger partial charge on any atom is 0.306 e. The van der Waals surface area contributed by atoms with Gasteiger partial charge >= 0.3 is 5.97 Å². The first-order chi connectivity index (χ1) is 8.67. The lowest BCUT2D eigenvalue weighted by atomic mass is 10.0. The molecule has 1 aromatic rings. The molecule has 0 fully saturated rings. The highest BCUT2D eigenvalue weighted by molar-refractivity contribution is 9.10. The van der Waals surface area contributed by atoms with Gasteiger partial charge in [-0.25, -0.2) is 0 Å². The molecule has 0 aromatic heterocycles. The topological polar surface area (TPSA) is 26.3 Å². The van der Waals surface area contributed by atoms with Gasteiger partial charge in [-0.1, -0.05) is 41.1 Å². The first-order valence-electron chi connectivity index (χ1n) is 6.28. The van der Waals surface area contributed by atoms with Crippen molar-refractivity contribution in [3.8, 4) is 0 Å². The molecule has 98 valence electrons. The number of esters is 1. The normalized spacial score (nSPS) is 11.4. The van der Waals surface area contributed by atoms with Gasteiger partial charge < -0.3 is 4.74 Å². The van der Waals surface area contributed by atoms with Crippen LogP contribution in [0.25, 0.3) is 5.57 Å². The number of hydrogen-bond acceptors (Lipinski definition) is 2. The van der Waals surface area contributed by atoms with Crippen LogP contribution in [-0.4, -0.2) is 12.6 Å². The van der Waals surface area contributed by atoms with Gasteiger partial charge in [0, 0.05) is 10.9 Å². The van der Waals surface area contributed by atoms with Crippen molar-refractivity contribution in [2.45, 2.75) is 33.1 Å². The molecule has 0 saturated carbocycles. The molecule has 3 heteroatoms. The van der Waals surface area contributed by atoms with Crippen LogP contribution in [0.4, 0.5) is 0 Å². The third-order valence-corrected chi connectivity index (χ3v) is 3.11. The Morgan fingerprint density at radius 1 is 1.39 bits per heavy atom. The third kappa shape index (κ3) is 5.05. The average molecular weight is 311 g/mol. The zero-order chi connectivity index (χ0) is 13.4. The van der Waals surface area contributed by atoms with E-state index in [2.05, 4.69) is 41.1 Å². The summed E-state index contributed by atoms with van der Waals surface area (Å²) in [6, 6.07) is 8.22. The van der Waals surface area contributed by atoms with Gasteiger partial charge in [0.1, 0.15) is 0 Å². The lowest BCUT2D eigenvalue weighted by Gasteiger charge is -2.06. The molecule has 0 saturated heterocycles. The van der Waals surface area contributed by atoms with Gasteiger partial charge in [-0.3, -0.25) is 4.79 Å². The minimum absolute atomic E-state index is 0.126. The van der Waals surface area contributed by atoms with Crippen molar-refractivity contribution in [1.29, 1.82) is 0 Å². The van der Waals surface area contributed by atoms with E-state index < -0.39 is 0 Å². The number of carbonyl (C=O) groups excluding carboxylic acids is 1. The van der Waals surface area contributed by atoms with Crippen molar-refractivity contribution in [3.05, 3.63) is 40.4 Å². The maximum atomic E-state index is 11.2. The molecule has 0 N–H and O–H groups in total. The van der Waals surface area contributed by atoms with Crippen molar-refractivity contribution >= 4 is 27.5 Å². The van der Waals surface area contributed by atoms with Crippen LogP contribution in [0.3, 0.4) is 0 Å². The summed E-state index contributed by atoms with van der Waals surface area (Å²) in [5.74, 6) is -0.126. The van der Waals surface area contributed by atoms with E-state index in [0.29, 0.717) is 13.0 Å². The van der Waals surface area contributed by atoms with E-state index in [1.165, 1.54) is 11.1 Å². The second-order valence-corrected chi connectivity index (χ2v) is 4.85. The van der Waals surface area contributed by atoms with Crippen LogP contribution in [0.5, 0.6) is 0 Å². The summed E-state index contributed by atoms with van der Waals surface area (Å²) in [5.41, 5.74) is 2.47. The van der Waals surface area contributed by atoms with E-state index in [1.54, 1.807) is 0 Å². The van der Waals surface area contributed by atoms with Gasteiger partial charge in [0.15, 0.2) is 0 Å². The van der Waals surface area contributed by atoms with Crippen molar-refractivity contribution in [2.75, 3.05) is 6.61 Å². The summed E-state index contributed by atoms with van der Waals surface area (Å²) >= 11 is 3.47. The number of carbonyl (C=O) groups is 1. The van der Waals surface area contributed by atoms with Crippen LogP contribution in [0.15, 0.2) is 34.8 Å². The number of rotatable bonds is 6. The Labute approximate surface area is 117 Å². The molecule has 0 unspecified atom stereocenters. The molecule has 2 nitrogen and oxygen atoms in total. The van der Waals surface area contributed by atoms with E-state index in [-0.39, 0.29) is 5.97 Å². The smallest absolute Gasteiger partial charge is 0.306 e. The molecule has 0 aliphatic rings. The summed E-state index contributed by atoms with van der Waals surface area (Å²) < 4.78 is 5.98. The minimum atomic E-state index is -0.126. The Kier molecular flexibility index (Phi) is 6.73. The van der Waals surface area contributed by atoms with Crippen LogP contribution in [0, 0.1) is 0 Å². The highest BCUT2D eigenvalue weighted by Gasteiger charge is 2.02. The minimum Gasteiger partial charge on any atom is -0.466 e. The molecule has 0 spiro atoms. The van der Waals surface area contributed by atoms with Gasteiger partial charge in [0.2, 0.25) is 0 Å². The number of allylic oxidation sites excluding steroid dienone is 2. The SMILES string of the molecule is CCOC(=O)CCC=C(CC)c1cccc(Br)c1. The molecular formula is C15H19BrO2. The molecule has 0 radical (unpaired) electrons. The highest BCUT2D eigenvalue weighted by Crippen LogP contribution is 2.22. The molecule has 18 heavy (non-hydrogen) atoms. The summed E-state index contributed by atoms with van der Waals surface area (Å²) in [6.07, 6.45) is 4.26. The quantitative estimate of drug-likeness (QED) is 0.719. The zero-order valence-corrected chi connectivity index (χ0v) is 12.5. The Bertz CT molecular complexity index is 424. The first-order valence-corrected chi connectivity index (χ1v) is 7.07. The van der Waals surface area contributed by atoms with E-state index in [1.807, 2.05) is 19.1 Å². The van der Waals surface area contributed by atoms with E-state index in [0.717, 1.165) is 17.3 Å². The van der Waals surface area contributed by atoms with Gasteiger partial charge in [-0.15, -0.1) is 0 Å². The maximum absolute atomic E-state index is 11.2. The molecule has 0 amide bonds. The molecule has 0 atom stereocenters. The van der Waals surface area contributed by atoms with E-state index in [9.17, 15) is 4.79 Å². The number of ether oxygens (including phenoxy) is 1. The van der Waals surface area contributed by atoms with Crippen molar-refractivity contribution in [1.82, 2.24) is 0 Å². The van der Waals surface area contributed by atoms with E-state index in [4.69, 9.17) is 4.74 Å². The lowest BCUT2D eigenvalue weighted by Crippen LogP contribution is -2.02. The lowest BCUT2D eigenvalue weighted by molar-refractivity contribution is -0.142. The molecule has 0 aliphatic heterocycles. The van der Waals surface area contributed by atoms with Crippen LogP contribution in [-0.2, 0) is 9.53 Å². The van der Waals surface area contributed by atoms with Crippen LogP contribution < -0.4 is 0 Å². The van der Waals surface area contributed by atoms with Gasteiger partial charge in [-0.05, 0) is 43.0 Å². The molecular weight excluding hydrogens is 292 g/mol. The fourth-order valence-corrected chi connectivity index (χ4v) is 2.15. The first kappa shape index (κ1) is 15.0. The van der Waals surface area contributed by atoms with Crippen LogP contribution in [0.1, 0.15) is 38.7 Å². The van der Waals surface area contributed by atoms with Crippen LogP contribution in [0.2, 0.25) is 0 Å². The van der Waals surface area contributed by atoms with Gasteiger partial charge in [0.05, 0.1) is 6.61 Å². The average Bonchev–Trinajstić information content (AvgIpc) is 2.35. The van der Waals surface area contributed by atoms with Crippen LogP contribution >= 0.6 is 15.9 Å². The largest absolute Gasteiger partial charge is 0.466 e. The third-order valence-electron chi connectivity index (χ3n) is 2.62. The second-order valence-electron chi connectivity index (χ2n) is 3.94. The van der Waals surface area contributed by atoms with E-state index >= 15 is 0 Å².